The molecule has 96 valence electrons. The van der Waals surface area contributed by atoms with Crippen LogP contribution in [0.5, 0.6) is 0 Å². The molecule has 0 N–H and O–H groups in total. The van der Waals surface area contributed by atoms with Crippen LogP contribution in [0.25, 0.3) is 0 Å². The lowest BCUT2D eigenvalue weighted by Crippen LogP contribution is -2.24. The van der Waals surface area contributed by atoms with E-state index >= 15 is 0 Å². The predicted molar refractivity (Wildman–Crippen MR) is 68.8 cm³/mol. The van der Waals surface area contributed by atoms with Gasteiger partial charge in [0.15, 0.2) is 0 Å². The summed E-state index contributed by atoms with van der Waals surface area (Å²) < 4.78 is 1.68. The molecule has 0 unspecified atom stereocenters. The van der Waals surface area contributed by atoms with Gasteiger partial charge < -0.3 is 4.57 Å². The molecule has 1 aliphatic carbocycles. The topological polar surface area (TPSA) is 64.8 Å². The smallest absolute Gasteiger partial charge is 0.230 e. The van der Waals surface area contributed by atoms with Crippen molar-refractivity contribution in [3.63, 3.8) is 0 Å². The van der Waals surface area contributed by atoms with Gasteiger partial charge in [-0.1, -0.05) is 0 Å². The van der Waals surface area contributed by atoms with Crippen LogP contribution < -0.4 is 0 Å². The highest BCUT2D eigenvalue weighted by molar-refractivity contribution is 6.26. The van der Waals surface area contributed by atoms with E-state index in [2.05, 4.69) is 9.97 Å². The molecule has 19 heavy (non-hydrogen) atoms. The molecule has 0 aromatic carbocycles. The predicted octanol–water partition coefficient (Wildman–Crippen LogP) is 1.60. The zero-order valence-electron chi connectivity index (χ0n) is 10.2. The molecule has 0 fully saturated rings. The molecule has 0 saturated carbocycles. The van der Waals surface area contributed by atoms with E-state index < -0.39 is 0 Å². The first kappa shape index (κ1) is 12.0. The number of hydrogen-bond donors (Lipinski definition) is 0. The highest BCUT2D eigenvalue weighted by Gasteiger charge is 2.35. The molecule has 2 aromatic heterocycles. The van der Waals surface area contributed by atoms with Crippen molar-refractivity contribution in [3.8, 4) is 0 Å². The Morgan fingerprint density at radius 3 is 2.79 bits per heavy atom. The van der Waals surface area contributed by atoms with Crippen molar-refractivity contribution in [1.29, 1.82) is 0 Å². The van der Waals surface area contributed by atoms with E-state index in [1.807, 2.05) is 0 Å². The molecule has 2 aromatic rings. The molecule has 0 radical (unpaired) electrons. The molecule has 6 heteroatoms. The zero-order chi connectivity index (χ0) is 13.6. The molecule has 3 rings (SSSR count). The Balaban J connectivity index is 2.27. The van der Waals surface area contributed by atoms with Crippen molar-refractivity contribution < 1.29 is 9.59 Å². The second-order valence-corrected chi connectivity index (χ2v) is 4.63. The Kier molecular flexibility index (Phi) is 2.71. The number of imidazole rings is 1. The fourth-order valence-corrected chi connectivity index (χ4v) is 2.49. The van der Waals surface area contributed by atoms with Gasteiger partial charge in [-0.3, -0.25) is 14.6 Å². The van der Waals surface area contributed by atoms with Crippen LogP contribution in [-0.4, -0.2) is 32.0 Å². The highest BCUT2D eigenvalue weighted by atomic mass is 35.5. The van der Waals surface area contributed by atoms with Crippen LogP contribution >= 0.6 is 11.6 Å². The lowest BCUT2D eigenvalue weighted by atomic mass is 9.94. The van der Waals surface area contributed by atoms with Crippen molar-refractivity contribution in [2.45, 2.75) is 13.5 Å². The Morgan fingerprint density at radius 2 is 2.05 bits per heavy atom. The molecule has 1 aliphatic rings. The Labute approximate surface area is 114 Å². The molecule has 0 spiro atoms. The Morgan fingerprint density at radius 1 is 1.26 bits per heavy atom. The largest absolute Gasteiger partial charge is 0.324 e. The van der Waals surface area contributed by atoms with Gasteiger partial charge in [-0.2, -0.15) is 0 Å². The minimum absolute atomic E-state index is 0.190. The fraction of sp³-hybridized carbons (Fsp3) is 0.231. The number of aryl methyl sites for hydroxylation is 1. The average molecular weight is 276 g/mol. The molecule has 0 aliphatic heterocycles. The maximum Gasteiger partial charge on any atom is 0.230 e. The van der Waals surface area contributed by atoms with E-state index in [9.17, 15) is 9.59 Å². The molecule has 2 heterocycles. The molecule has 0 bridgehead atoms. The second-order valence-electron chi connectivity index (χ2n) is 4.25. The van der Waals surface area contributed by atoms with Crippen molar-refractivity contribution in [2.24, 2.45) is 0 Å². The SMILES string of the molecule is Cc1nc2c(n1CCCl)C(=O)c1ncccc1C2=O. The van der Waals surface area contributed by atoms with Gasteiger partial charge in [-0.25, -0.2) is 4.98 Å². The Bertz CT molecular complexity index is 706. The number of rotatable bonds is 2. The fourth-order valence-electron chi connectivity index (χ4n) is 2.32. The molecule has 0 amide bonds. The lowest BCUT2D eigenvalue weighted by molar-refractivity contribution is 0.0967. The first-order valence-corrected chi connectivity index (χ1v) is 6.36. The summed E-state index contributed by atoms with van der Waals surface area (Å²) in [4.78, 5) is 33.0. The minimum atomic E-state index is -0.268. The van der Waals surface area contributed by atoms with Gasteiger partial charge in [-0.05, 0) is 19.1 Å². The van der Waals surface area contributed by atoms with Gasteiger partial charge in [0.25, 0.3) is 0 Å². The van der Waals surface area contributed by atoms with E-state index in [1.54, 1.807) is 23.6 Å². The number of pyridine rings is 1. The molecule has 0 atom stereocenters. The number of fused-ring (bicyclic) bond motifs is 2. The van der Waals surface area contributed by atoms with Crippen LogP contribution in [0.3, 0.4) is 0 Å². The number of hydrogen-bond acceptors (Lipinski definition) is 4. The van der Waals surface area contributed by atoms with Crippen molar-refractivity contribution in [3.05, 3.63) is 46.8 Å². The van der Waals surface area contributed by atoms with Gasteiger partial charge in [0.2, 0.25) is 11.6 Å². The van der Waals surface area contributed by atoms with E-state index in [1.165, 1.54) is 6.20 Å². The summed E-state index contributed by atoms with van der Waals surface area (Å²) in [6.07, 6.45) is 1.50. The third-order valence-electron chi connectivity index (χ3n) is 3.16. The molecular formula is C13H10ClN3O2. The summed E-state index contributed by atoms with van der Waals surface area (Å²) in [5, 5.41) is 0. The maximum atomic E-state index is 12.4. The zero-order valence-corrected chi connectivity index (χ0v) is 10.9. The summed E-state index contributed by atoms with van der Waals surface area (Å²) >= 11 is 5.73. The lowest BCUT2D eigenvalue weighted by Gasteiger charge is -2.14. The van der Waals surface area contributed by atoms with Gasteiger partial charge >= 0.3 is 0 Å². The normalized spacial score (nSPS) is 13.4. The van der Waals surface area contributed by atoms with Crippen LogP contribution in [0.15, 0.2) is 18.3 Å². The highest BCUT2D eigenvalue weighted by Crippen LogP contribution is 2.26. The van der Waals surface area contributed by atoms with Gasteiger partial charge in [-0.15, -0.1) is 11.6 Å². The van der Waals surface area contributed by atoms with E-state index in [4.69, 9.17) is 11.6 Å². The van der Waals surface area contributed by atoms with Crippen molar-refractivity contribution >= 4 is 23.2 Å². The number of aromatic nitrogens is 3. The van der Waals surface area contributed by atoms with Crippen LogP contribution in [-0.2, 0) is 6.54 Å². The third-order valence-corrected chi connectivity index (χ3v) is 3.33. The van der Waals surface area contributed by atoms with Gasteiger partial charge in [0, 0.05) is 18.6 Å². The number of carbonyl (C=O) groups is 2. The van der Waals surface area contributed by atoms with Crippen molar-refractivity contribution in [2.75, 3.05) is 5.88 Å². The summed E-state index contributed by atoms with van der Waals surface area (Å²) in [5.41, 5.74) is 1.01. The monoisotopic (exact) mass is 275 g/mol. The first-order chi connectivity index (χ1) is 9.15. The van der Waals surface area contributed by atoms with E-state index in [-0.39, 0.29) is 23.0 Å². The summed E-state index contributed by atoms with van der Waals surface area (Å²) in [6, 6.07) is 3.24. The summed E-state index contributed by atoms with van der Waals surface area (Å²) in [7, 11) is 0. The van der Waals surface area contributed by atoms with Gasteiger partial charge in [0.05, 0.1) is 5.56 Å². The van der Waals surface area contributed by atoms with E-state index in [0.29, 0.717) is 29.5 Å². The third kappa shape index (κ3) is 1.62. The standard InChI is InChI=1S/C13H10ClN3O2/c1-7-16-10-11(17(7)6-4-14)13(19)9-8(12(10)18)3-2-5-15-9/h2-3,5H,4,6H2,1H3. The van der Waals surface area contributed by atoms with Crippen molar-refractivity contribution in [1.82, 2.24) is 14.5 Å². The second kappa shape index (κ2) is 4.28. The Hall–Kier alpha value is -2.01. The number of ketones is 2. The average Bonchev–Trinajstić information content (AvgIpc) is 2.75. The minimum Gasteiger partial charge on any atom is -0.324 e. The maximum absolute atomic E-state index is 12.4. The van der Waals surface area contributed by atoms with Gasteiger partial charge in [0.1, 0.15) is 22.9 Å². The van der Waals surface area contributed by atoms with Crippen LogP contribution in [0.2, 0.25) is 0 Å². The quantitative estimate of drug-likeness (QED) is 0.667. The van der Waals surface area contributed by atoms with Crippen LogP contribution in [0, 0.1) is 6.92 Å². The first-order valence-electron chi connectivity index (χ1n) is 5.82. The molecule has 0 saturated heterocycles. The van der Waals surface area contributed by atoms with Crippen LogP contribution in [0.4, 0.5) is 0 Å². The summed E-state index contributed by atoms with van der Waals surface area (Å²) in [6.45, 7) is 2.19. The van der Waals surface area contributed by atoms with E-state index in [0.717, 1.165) is 0 Å². The molecule has 5 nitrogen and oxygen atoms in total. The number of halogens is 1. The number of alkyl halides is 1. The summed E-state index contributed by atoms with van der Waals surface area (Å²) in [5.74, 6) is 0.436. The number of carbonyl (C=O) groups excluding carboxylic acids is 2. The molecular weight excluding hydrogens is 266 g/mol. The number of nitrogens with zero attached hydrogens (tertiary/aromatic N) is 3. The van der Waals surface area contributed by atoms with Crippen LogP contribution in [0.1, 0.15) is 38.1 Å².